The van der Waals surface area contributed by atoms with Crippen molar-refractivity contribution in [3.05, 3.63) is 54.1 Å². The summed E-state index contributed by atoms with van der Waals surface area (Å²) in [5.74, 6) is 0. The topological polar surface area (TPSA) is 29.3 Å². The number of nitrogens with zero attached hydrogens (tertiary/aromatic N) is 1. The van der Waals surface area contributed by atoms with Crippen molar-refractivity contribution in [1.29, 1.82) is 0 Å². The Kier molecular flexibility index (Phi) is 4.23. The lowest BCUT2D eigenvalue weighted by Gasteiger charge is -2.14. The molecule has 0 aromatic heterocycles. The highest BCUT2D eigenvalue weighted by Gasteiger charge is 2.04. The van der Waals surface area contributed by atoms with Crippen molar-refractivity contribution in [2.24, 2.45) is 5.73 Å². The second kappa shape index (κ2) is 5.89. The van der Waals surface area contributed by atoms with Crippen molar-refractivity contribution < 1.29 is 0 Å². The van der Waals surface area contributed by atoms with Gasteiger partial charge in [0.15, 0.2) is 0 Å². The lowest BCUT2D eigenvalue weighted by molar-refractivity contribution is 0.699. The zero-order valence-electron chi connectivity index (χ0n) is 11.9. The van der Waals surface area contributed by atoms with Gasteiger partial charge in [-0.25, -0.2) is 0 Å². The molecule has 100 valence electrons. The summed E-state index contributed by atoms with van der Waals surface area (Å²) in [7, 11) is 4.12. The fraction of sp³-hybridized carbons (Fsp3) is 0.294. The van der Waals surface area contributed by atoms with Crippen LogP contribution in [0.3, 0.4) is 0 Å². The molecule has 2 N–H and O–H groups in total. The molecule has 0 amide bonds. The summed E-state index contributed by atoms with van der Waals surface area (Å²) in [4.78, 5) is 2.12. The monoisotopic (exact) mass is 254 g/mol. The molecule has 0 spiro atoms. The molecule has 2 aromatic rings. The zero-order valence-corrected chi connectivity index (χ0v) is 11.9. The van der Waals surface area contributed by atoms with E-state index in [0.717, 1.165) is 6.42 Å². The van der Waals surface area contributed by atoms with Gasteiger partial charge in [0, 0.05) is 25.8 Å². The van der Waals surface area contributed by atoms with Crippen LogP contribution in [0.15, 0.2) is 48.5 Å². The summed E-state index contributed by atoms with van der Waals surface area (Å²) >= 11 is 0. The quantitative estimate of drug-likeness (QED) is 0.898. The summed E-state index contributed by atoms with van der Waals surface area (Å²) in [6.07, 6.45) is 0.968. The summed E-state index contributed by atoms with van der Waals surface area (Å²) < 4.78 is 0. The molecule has 0 aliphatic heterocycles. The van der Waals surface area contributed by atoms with Crippen LogP contribution in [0.1, 0.15) is 24.9 Å². The molecule has 0 radical (unpaired) electrons. The third-order valence-electron chi connectivity index (χ3n) is 3.47. The summed E-state index contributed by atoms with van der Waals surface area (Å²) in [6, 6.07) is 17.3. The minimum atomic E-state index is 0.141. The van der Waals surface area contributed by atoms with E-state index in [2.05, 4.69) is 74.4 Å². The maximum absolute atomic E-state index is 6.04. The van der Waals surface area contributed by atoms with E-state index in [0.29, 0.717) is 0 Å². The second-order valence-electron chi connectivity index (χ2n) is 5.08. The fourth-order valence-corrected chi connectivity index (χ4v) is 2.12. The highest BCUT2D eigenvalue weighted by atomic mass is 15.1. The van der Waals surface area contributed by atoms with Crippen molar-refractivity contribution in [2.75, 3.05) is 19.0 Å². The first-order chi connectivity index (χ1) is 9.11. The van der Waals surface area contributed by atoms with Gasteiger partial charge in [-0.05, 0) is 35.2 Å². The molecule has 0 saturated carbocycles. The smallest absolute Gasteiger partial charge is 0.0367 e. The van der Waals surface area contributed by atoms with Crippen molar-refractivity contribution in [3.63, 3.8) is 0 Å². The SMILES string of the molecule is CCC(N)c1ccc(-c2cccc(N(C)C)c2)cc1. The Hall–Kier alpha value is -1.80. The molecular formula is C17H22N2. The Morgan fingerprint density at radius 1 is 1.00 bits per heavy atom. The molecule has 0 heterocycles. The number of anilines is 1. The van der Waals surface area contributed by atoms with E-state index < -0.39 is 0 Å². The van der Waals surface area contributed by atoms with Gasteiger partial charge in [-0.1, -0.05) is 43.3 Å². The van der Waals surface area contributed by atoms with Gasteiger partial charge in [-0.2, -0.15) is 0 Å². The highest BCUT2D eigenvalue weighted by Crippen LogP contribution is 2.25. The summed E-state index contributed by atoms with van der Waals surface area (Å²) in [5, 5.41) is 0. The first kappa shape index (κ1) is 13.6. The van der Waals surface area contributed by atoms with Crippen LogP contribution in [0.25, 0.3) is 11.1 Å². The maximum Gasteiger partial charge on any atom is 0.0367 e. The Balaban J connectivity index is 2.29. The van der Waals surface area contributed by atoms with Gasteiger partial charge in [0.2, 0.25) is 0 Å². The first-order valence-electron chi connectivity index (χ1n) is 6.75. The fourth-order valence-electron chi connectivity index (χ4n) is 2.12. The molecule has 0 aliphatic carbocycles. The molecule has 1 atom stereocenters. The maximum atomic E-state index is 6.04. The van der Waals surface area contributed by atoms with Crippen LogP contribution in [0.2, 0.25) is 0 Å². The van der Waals surface area contributed by atoms with Crippen LogP contribution in [0.4, 0.5) is 5.69 Å². The van der Waals surface area contributed by atoms with Crippen molar-refractivity contribution in [3.8, 4) is 11.1 Å². The standard InChI is InChI=1S/C17H22N2/c1-4-17(18)14-10-8-13(9-11-14)15-6-5-7-16(12-15)19(2)3/h5-12,17H,4,18H2,1-3H3. The van der Waals surface area contributed by atoms with Crippen molar-refractivity contribution in [1.82, 2.24) is 0 Å². The number of benzene rings is 2. The van der Waals surface area contributed by atoms with Gasteiger partial charge in [-0.3, -0.25) is 0 Å². The lowest BCUT2D eigenvalue weighted by Crippen LogP contribution is -2.08. The average Bonchev–Trinajstić information content (AvgIpc) is 2.46. The molecular weight excluding hydrogens is 232 g/mol. The summed E-state index contributed by atoms with van der Waals surface area (Å²) in [5.41, 5.74) is 10.9. The van der Waals surface area contributed by atoms with Crippen molar-refractivity contribution in [2.45, 2.75) is 19.4 Å². The van der Waals surface area contributed by atoms with Crippen molar-refractivity contribution >= 4 is 5.69 Å². The van der Waals surface area contributed by atoms with E-state index in [9.17, 15) is 0 Å². The molecule has 0 bridgehead atoms. The van der Waals surface area contributed by atoms with Crippen LogP contribution in [0, 0.1) is 0 Å². The van der Waals surface area contributed by atoms with Crippen LogP contribution in [0.5, 0.6) is 0 Å². The number of hydrogen-bond acceptors (Lipinski definition) is 2. The predicted octanol–water partition coefficient (Wildman–Crippen LogP) is 3.83. The third kappa shape index (κ3) is 3.15. The van der Waals surface area contributed by atoms with Gasteiger partial charge >= 0.3 is 0 Å². The van der Waals surface area contributed by atoms with Gasteiger partial charge in [0.1, 0.15) is 0 Å². The third-order valence-corrected chi connectivity index (χ3v) is 3.47. The van der Waals surface area contributed by atoms with E-state index >= 15 is 0 Å². The normalized spacial score (nSPS) is 12.2. The van der Waals surface area contributed by atoms with E-state index in [-0.39, 0.29) is 6.04 Å². The van der Waals surface area contributed by atoms with Crippen LogP contribution in [-0.2, 0) is 0 Å². The number of rotatable bonds is 4. The largest absolute Gasteiger partial charge is 0.378 e. The lowest BCUT2D eigenvalue weighted by atomic mass is 10.00. The summed E-state index contributed by atoms with van der Waals surface area (Å²) in [6.45, 7) is 2.11. The Bertz CT molecular complexity index is 529. The molecule has 2 heteroatoms. The van der Waals surface area contributed by atoms with E-state index in [4.69, 9.17) is 5.73 Å². The minimum Gasteiger partial charge on any atom is -0.378 e. The Morgan fingerprint density at radius 2 is 1.68 bits per heavy atom. The van der Waals surface area contributed by atoms with E-state index in [1.165, 1.54) is 22.4 Å². The minimum absolute atomic E-state index is 0.141. The van der Waals surface area contributed by atoms with Gasteiger partial charge < -0.3 is 10.6 Å². The van der Waals surface area contributed by atoms with Crippen LogP contribution >= 0.6 is 0 Å². The Morgan fingerprint density at radius 3 is 2.26 bits per heavy atom. The predicted molar refractivity (Wildman–Crippen MR) is 83.4 cm³/mol. The zero-order chi connectivity index (χ0) is 13.8. The van der Waals surface area contributed by atoms with E-state index in [1.807, 2.05) is 0 Å². The first-order valence-corrected chi connectivity index (χ1v) is 6.75. The Labute approximate surface area is 115 Å². The molecule has 0 fully saturated rings. The molecule has 0 saturated heterocycles. The molecule has 0 aliphatic rings. The van der Waals surface area contributed by atoms with Crippen LogP contribution in [-0.4, -0.2) is 14.1 Å². The van der Waals surface area contributed by atoms with Crippen LogP contribution < -0.4 is 10.6 Å². The molecule has 1 unspecified atom stereocenters. The van der Waals surface area contributed by atoms with Gasteiger partial charge in [0.05, 0.1) is 0 Å². The highest BCUT2D eigenvalue weighted by molar-refractivity contribution is 5.68. The molecule has 2 nitrogen and oxygen atoms in total. The van der Waals surface area contributed by atoms with Gasteiger partial charge in [-0.15, -0.1) is 0 Å². The number of hydrogen-bond donors (Lipinski definition) is 1. The molecule has 2 aromatic carbocycles. The molecule has 2 rings (SSSR count). The average molecular weight is 254 g/mol. The number of nitrogens with two attached hydrogens (primary N) is 1. The second-order valence-corrected chi connectivity index (χ2v) is 5.08. The van der Waals surface area contributed by atoms with Gasteiger partial charge in [0.25, 0.3) is 0 Å². The van der Waals surface area contributed by atoms with E-state index in [1.54, 1.807) is 0 Å². The molecule has 19 heavy (non-hydrogen) atoms.